The molecule has 3 N–H and O–H groups in total. The Morgan fingerprint density at radius 1 is 1.14 bits per heavy atom. The fraction of sp³-hybridized carbons (Fsp3) is 0.429. The molecule has 0 saturated carbocycles. The summed E-state index contributed by atoms with van der Waals surface area (Å²) in [5.74, 6) is -0.853. The number of methoxy groups -OCH3 is 1. The largest absolute Gasteiger partial charge is 0.372 e. The maximum Gasteiger partial charge on any atom is 0.249 e. The highest BCUT2D eigenvalue weighted by molar-refractivity contribution is 5.81. The van der Waals surface area contributed by atoms with E-state index in [1.54, 1.807) is 6.20 Å². The number of carbonyl (C=O) groups is 1. The first-order valence-corrected chi connectivity index (χ1v) is 12.1. The monoisotopic (exact) mass is 498 g/mol. The minimum Gasteiger partial charge on any atom is -0.372 e. The van der Waals surface area contributed by atoms with E-state index in [9.17, 15) is 13.6 Å². The number of nitrogens with one attached hydrogen (secondary N) is 1. The molecule has 3 atom stereocenters. The third-order valence-corrected chi connectivity index (χ3v) is 6.08. The number of aromatic nitrogens is 2. The van der Waals surface area contributed by atoms with E-state index in [0.29, 0.717) is 30.9 Å². The van der Waals surface area contributed by atoms with Crippen LogP contribution in [0, 0.1) is 17.0 Å². The fourth-order valence-electron chi connectivity index (χ4n) is 4.06. The average molecular weight is 499 g/mol. The van der Waals surface area contributed by atoms with Crippen molar-refractivity contribution in [2.24, 2.45) is 11.1 Å². The number of imidazole rings is 1. The molecule has 8 heteroatoms. The quantitative estimate of drug-likeness (QED) is 0.401. The molecule has 2 aromatic carbocycles. The fourth-order valence-corrected chi connectivity index (χ4v) is 4.06. The molecule has 0 fully saturated rings. The second kappa shape index (κ2) is 11.8. The summed E-state index contributed by atoms with van der Waals surface area (Å²) < 4.78 is 36.0. The van der Waals surface area contributed by atoms with Crippen molar-refractivity contribution in [1.82, 2.24) is 14.9 Å². The lowest BCUT2D eigenvalue weighted by Crippen LogP contribution is -2.44. The second-order valence-electron chi connectivity index (χ2n) is 10.3. The molecule has 0 bridgehead atoms. The number of nitrogens with zero attached hydrogens (tertiary/aromatic N) is 2. The van der Waals surface area contributed by atoms with Crippen LogP contribution in [0.15, 0.2) is 54.7 Å². The van der Waals surface area contributed by atoms with Crippen LogP contribution in [0.25, 0.3) is 11.3 Å². The van der Waals surface area contributed by atoms with Crippen molar-refractivity contribution >= 4 is 5.91 Å². The Bertz CT molecular complexity index is 1160. The summed E-state index contributed by atoms with van der Waals surface area (Å²) in [5, 5.41) is 3.11. The molecule has 3 aromatic rings. The van der Waals surface area contributed by atoms with Gasteiger partial charge in [-0.3, -0.25) is 4.79 Å². The molecule has 6 nitrogen and oxygen atoms in total. The Kier molecular flexibility index (Phi) is 8.98. The van der Waals surface area contributed by atoms with E-state index in [1.165, 1.54) is 7.11 Å². The lowest BCUT2D eigenvalue weighted by atomic mass is 9.85. The van der Waals surface area contributed by atoms with Gasteiger partial charge in [0, 0.05) is 31.5 Å². The van der Waals surface area contributed by atoms with Crippen molar-refractivity contribution in [2.45, 2.75) is 65.3 Å². The first-order valence-electron chi connectivity index (χ1n) is 12.1. The zero-order chi connectivity index (χ0) is 26.5. The van der Waals surface area contributed by atoms with E-state index in [-0.39, 0.29) is 17.5 Å². The van der Waals surface area contributed by atoms with Gasteiger partial charge in [0.15, 0.2) is 0 Å². The predicted molar refractivity (Wildman–Crippen MR) is 137 cm³/mol. The number of hydrogen-bond donors (Lipinski definition) is 2. The van der Waals surface area contributed by atoms with Crippen LogP contribution in [-0.2, 0) is 16.1 Å². The summed E-state index contributed by atoms with van der Waals surface area (Å²) >= 11 is 0. The Morgan fingerprint density at radius 2 is 1.83 bits per heavy atom. The third kappa shape index (κ3) is 6.98. The molecule has 1 heterocycles. The lowest BCUT2D eigenvalue weighted by Gasteiger charge is -2.32. The van der Waals surface area contributed by atoms with E-state index in [4.69, 9.17) is 15.5 Å². The number of carbonyl (C=O) groups excluding carboxylic acids is 1. The van der Waals surface area contributed by atoms with Crippen molar-refractivity contribution < 1.29 is 18.3 Å². The Labute approximate surface area is 211 Å². The van der Waals surface area contributed by atoms with Gasteiger partial charge in [0.25, 0.3) is 0 Å². The highest BCUT2D eigenvalue weighted by Gasteiger charge is 2.34. The summed E-state index contributed by atoms with van der Waals surface area (Å²) in [5.41, 5.74) is 6.79. The molecule has 0 aliphatic rings. The molecule has 1 amide bonds. The number of hydrogen-bond acceptors (Lipinski definition) is 4. The zero-order valence-electron chi connectivity index (χ0n) is 21.6. The predicted octanol–water partition coefficient (Wildman–Crippen LogP) is 5.22. The molecule has 1 aromatic heterocycles. The topological polar surface area (TPSA) is 82.2 Å². The normalized spacial score (nSPS) is 14.3. The lowest BCUT2D eigenvalue weighted by molar-refractivity contribution is -0.133. The average Bonchev–Trinajstić information content (AvgIpc) is 3.22. The number of nitrogens with two attached hydrogens (primary N) is 1. The van der Waals surface area contributed by atoms with Crippen molar-refractivity contribution in [3.8, 4) is 11.3 Å². The Hall–Kier alpha value is -3.10. The van der Waals surface area contributed by atoms with Crippen molar-refractivity contribution in [1.29, 1.82) is 0 Å². The number of ether oxygens (including phenoxy) is 1. The first kappa shape index (κ1) is 27.5. The molecule has 0 radical (unpaired) electrons. The molecule has 1 unspecified atom stereocenters. The van der Waals surface area contributed by atoms with Crippen LogP contribution < -0.4 is 11.1 Å². The van der Waals surface area contributed by atoms with E-state index in [2.05, 4.69) is 5.32 Å². The van der Waals surface area contributed by atoms with Crippen LogP contribution in [-0.4, -0.2) is 34.7 Å². The van der Waals surface area contributed by atoms with Gasteiger partial charge >= 0.3 is 0 Å². The van der Waals surface area contributed by atoms with Crippen LogP contribution in [0.4, 0.5) is 8.78 Å². The Balaban J connectivity index is 2.05. The molecule has 0 aliphatic carbocycles. The number of halogens is 2. The summed E-state index contributed by atoms with van der Waals surface area (Å²) in [6, 6.07) is 12.5. The van der Waals surface area contributed by atoms with Crippen molar-refractivity contribution in [3.63, 3.8) is 0 Å². The van der Waals surface area contributed by atoms with Crippen LogP contribution in [0.1, 0.15) is 58.0 Å². The van der Waals surface area contributed by atoms with Gasteiger partial charge in [-0.05, 0) is 48.9 Å². The van der Waals surface area contributed by atoms with E-state index in [1.807, 2.05) is 62.6 Å². The first-order chi connectivity index (χ1) is 17.0. The third-order valence-electron chi connectivity index (χ3n) is 6.08. The highest BCUT2D eigenvalue weighted by Crippen LogP contribution is 2.35. The van der Waals surface area contributed by atoms with Crippen molar-refractivity contribution in [3.05, 3.63) is 77.8 Å². The van der Waals surface area contributed by atoms with Crippen molar-refractivity contribution in [2.75, 3.05) is 7.11 Å². The molecule has 0 saturated heterocycles. The van der Waals surface area contributed by atoms with Crippen LogP contribution in [0.3, 0.4) is 0 Å². The van der Waals surface area contributed by atoms with Gasteiger partial charge in [0.1, 0.15) is 23.6 Å². The smallest absolute Gasteiger partial charge is 0.249 e. The van der Waals surface area contributed by atoms with Gasteiger partial charge in [0.2, 0.25) is 5.91 Å². The maximum absolute atomic E-state index is 14.7. The molecule has 194 valence electrons. The minimum atomic E-state index is -0.668. The standard InChI is InChI=1S/C28H36F2N4O2/c1-18(31)11-14-24(36-5)27(35)33-25(28(2,3)4)26-32-23(21-15-20(29)12-13-22(21)30)17-34(26)16-19-9-7-6-8-10-19/h6-10,12-13,15,17-18,24-25H,11,14,16,31H2,1-5H3,(H,33,35)/t18-,24?,25-/m0/s1. The van der Waals surface area contributed by atoms with Gasteiger partial charge in [-0.2, -0.15) is 0 Å². The maximum atomic E-state index is 14.7. The zero-order valence-corrected chi connectivity index (χ0v) is 21.6. The Morgan fingerprint density at radius 3 is 2.44 bits per heavy atom. The van der Waals surface area contributed by atoms with Gasteiger partial charge < -0.3 is 20.4 Å². The summed E-state index contributed by atoms with van der Waals surface area (Å²) in [7, 11) is 1.50. The summed E-state index contributed by atoms with van der Waals surface area (Å²) in [6.07, 6.45) is 2.15. The minimum absolute atomic E-state index is 0.0534. The van der Waals surface area contributed by atoms with Crippen LogP contribution in [0.5, 0.6) is 0 Å². The summed E-state index contributed by atoms with van der Waals surface area (Å²) in [4.78, 5) is 18.0. The van der Waals surface area contributed by atoms with Gasteiger partial charge in [0.05, 0.1) is 11.7 Å². The molecular formula is C28H36F2N4O2. The number of rotatable bonds is 10. The molecule has 3 rings (SSSR count). The van der Waals surface area contributed by atoms with Gasteiger partial charge in [-0.15, -0.1) is 0 Å². The van der Waals surface area contributed by atoms with Gasteiger partial charge in [-0.1, -0.05) is 51.1 Å². The van der Waals surface area contributed by atoms with Crippen LogP contribution in [0.2, 0.25) is 0 Å². The molecule has 0 aliphatic heterocycles. The van der Waals surface area contributed by atoms with Crippen LogP contribution >= 0.6 is 0 Å². The molecular weight excluding hydrogens is 462 g/mol. The molecule has 0 spiro atoms. The van der Waals surface area contributed by atoms with E-state index < -0.39 is 29.2 Å². The van der Waals surface area contributed by atoms with E-state index >= 15 is 0 Å². The van der Waals surface area contributed by atoms with E-state index in [0.717, 1.165) is 23.8 Å². The molecule has 36 heavy (non-hydrogen) atoms. The number of amides is 1. The van der Waals surface area contributed by atoms with Gasteiger partial charge in [-0.25, -0.2) is 13.8 Å². The highest BCUT2D eigenvalue weighted by atomic mass is 19.1. The second-order valence-corrected chi connectivity index (χ2v) is 10.3. The SMILES string of the molecule is COC(CC[C@H](C)N)C(=O)N[C@@H](c1nc(-c2cc(F)ccc2F)cn1Cc1ccccc1)C(C)(C)C. The number of benzene rings is 2. The summed E-state index contributed by atoms with van der Waals surface area (Å²) in [6.45, 7) is 8.31.